The summed E-state index contributed by atoms with van der Waals surface area (Å²) in [6, 6.07) is 6.13. The molecule has 1 heterocycles. The molecule has 1 aromatic rings. The van der Waals surface area contributed by atoms with Gasteiger partial charge in [0.05, 0.1) is 7.11 Å². The summed E-state index contributed by atoms with van der Waals surface area (Å²) in [6.07, 6.45) is 0. The lowest BCUT2D eigenvalue weighted by atomic mass is 10.2. The van der Waals surface area contributed by atoms with E-state index in [4.69, 9.17) is 4.74 Å². The number of nitrogens with one attached hydrogen (secondary N) is 1. The lowest BCUT2D eigenvalue weighted by Crippen LogP contribution is -2.42. The molecule has 2 rings (SSSR count). The van der Waals surface area contributed by atoms with Gasteiger partial charge in [0.2, 0.25) is 0 Å². The van der Waals surface area contributed by atoms with Gasteiger partial charge in [-0.2, -0.15) is 0 Å². The Kier molecular flexibility index (Phi) is 8.99. The topological polar surface area (TPSA) is 24.5 Å². The van der Waals surface area contributed by atoms with Gasteiger partial charge in [0.25, 0.3) is 0 Å². The van der Waals surface area contributed by atoms with Gasteiger partial charge in [-0.15, -0.1) is 24.8 Å². The van der Waals surface area contributed by atoms with E-state index in [1.807, 2.05) is 6.07 Å². The second kappa shape index (κ2) is 8.99. The molecule has 0 aliphatic carbocycles. The van der Waals surface area contributed by atoms with E-state index in [-0.39, 0.29) is 24.8 Å². The van der Waals surface area contributed by atoms with Crippen LogP contribution in [0.3, 0.4) is 0 Å². The summed E-state index contributed by atoms with van der Waals surface area (Å²) >= 11 is 3.59. The Morgan fingerprint density at radius 1 is 1.28 bits per heavy atom. The minimum atomic E-state index is 0. The maximum atomic E-state index is 5.25. The van der Waals surface area contributed by atoms with Crippen molar-refractivity contribution in [3.8, 4) is 5.75 Å². The molecule has 0 aromatic heterocycles. The van der Waals surface area contributed by atoms with Gasteiger partial charge in [0.15, 0.2) is 0 Å². The van der Waals surface area contributed by atoms with Crippen LogP contribution >= 0.6 is 40.7 Å². The summed E-state index contributed by atoms with van der Waals surface area (Å²) in [5, 5.41) is 3.36. The third-order valence-electron chi connectivity index (χ3n) is 2.86. The largest absolute Gasteiger partial charge is 0.497 e. The molecule has 0 spiro atoms. The molecule has 1 N–H and O–H groups in total. The molecule has 0 saturated carbocycles. The van der Waals surface area contributed by atoms with E-state index in [2.05, 4.69) is 38.3 Å². The van der Waals surface area contributed by atoms with Crippen LogP contribution in [0.15, 0.2) is 22.7 Å². The molecular weight excluding hydrogens is 339 g/mol. The van der Waals surface area contributed by atoms with Crippen LogP contribution in [0.5, 0.6) is 5.75 Å². The quantitative estimate of drug-likeness (QED) is 0.900. The van der Waals surface area contributed by atoms with Crippen LogP contribution in [-0.4, -0.2) is 38.2 Å². The zero-order valence-corrected chi connectivity index (χ0v) is 13.5. The minimum Gasteiger partial charge on any atom is -0.497 e. The number of halogens is 3. The lowest BCUT2D eigenvalue weighted by Gasteiger charge is -2.27. The number of hydrogen-bond donors (Lipinski definition) is 1. The fraction of sp³-hybridized carbons (Fsp3) is 0.500. The Hall–Kier alpha value is -0.000000000000000111. The van der Waals surface area contributed by atoms with Crippen LogP contribution in [0.1, 0.15) is 5.56 Å². The van der Waals surface area contributed by atoms with Crippen molar-refractivity contribution >= 4 is 40.7 Å². The van der Waals surface area contributed by atoms with Crippen LogP contribution in [0.4, 0.5) is 0 Å². The molecule has 6 heteroatoms. The van der Waals surface area contributed by atoms with E-state index >= 15 is 0 Å². The number of piperazine rings is 1. The number of nitrogens with zero attached hydrogens (tertiary/aromatic N) is 1. The highest BCUT2D eigenvalue weighted by Gasteiger charge is 2.11. The van der Waals surface area contributed by atoms with Crippen molar-refractivity contribution in [3.05, 3.63) is 28.2 Å². The Morgan fingerprint density at radius 2 is 1.94 bits per heavy atom. The summed E-state index contributed by atoms with van der Waals surface area (Å²) in [6.45, 7) is 5.38. The van der Waals surface area contributed by atoms with Gasteiger partial charge >= 0.3 is 0 Å². The van der Waals surface area contributed by atoms with Crippen molar-refractivity contribution < 1.29 is 4.74 Å². The van der Waals surface area contributed by atoms with Crippen LogP contribution in [0.25, 0.3) is 0 Å². The van der Waals surface area contributed by atoms with Crippen molar-refractivity contribution in [3.63, 3.8) is 0 Å². The molecule has 0 radical (unpaired) electrons. The van der Waals surface area contributed by atoms with Crippen molar-refractivity contribution in [1.29, 1.82) is 0 Å². The van der Waals surface area contributed by atoms with E-state index in [0.29, 0.717) is 0 Å². The zero-order valence-electron chi connectivity index (χ0n) is 10.3. The summed E-state index contributed by atoms with van der Waals surface area (Å²) in [7, 11) is 1.71. The molecule has 104 valence electrons. The summed E-state index contributed by atoms with van der Waals surface area (Å²) in [5.74, 6) is 0.924. The Labute approximate surface area is 129 Å². The number of rotatable bonds is 3. The van der Waals surface area contributed by atoms with Gasteiger partial charge in [0, 0.05) is 37.2 Å². The maximum absolute atomic E-state index is 5.25. The van der Waals surface area contributed by atoms with E-state index in [1.54, 1.807) is 7.11 Å². The molecule has 1 aliphatic rings. The van der Waals surface area contributed by atoms with E-state index in [0.717, 1.165) is 42.9 Å². The second-order valence-electron chi connectivity index (χ2n) is 3.98. The number of hydrogen-bond acceptors (Lipinski definition) is 3. The predicted octanol–water partition coefficient (Wildman–Crippen LogP) is 2.71. The van der Waals surface area contributed by atoms with E-state index in [9.17, 15) is 0 Å². The first-order valence-electron chi connectivity index (χ1n) is 5.55. The normalized spacial score (nSPS) is 15.4. The Bertz CT molecular complexity index is 360. The first-order valence-corrected chi connectivity index (χ1v) is 6.34. The first kappa shape index (κ1) is 18.0. The van der Waals surface area contributed by atoms with E-state index < -0.39 is 0 Å². The third-order valence-corrected chi connectivity index (χ3v) is 3.63. The highest BCUT2D eigenvalue weighted by molar-refractivity contribution is 9.10. The highest BCUT2D eigenvalue weighted by atomic mass is 79.9. The van der Waals surface area contributed by atoms with Crippen LogP contribution in [-0.2, 0) is 6.54 Å². The van der Waals surface area contributed by atoms with Crippen LogP contribution < -0.4 is 10.1 Å². The third kappa shape index (κ3) is 4.94. The maximum Gasteiger partial charge on any atom is 0.119 e. The molecule has 0 bridgehead atoms. The van der Waals surface area contributed by atoms with Crippen molar-refractivity contribution in [2.45, 2.75) is 6.54 Å². The molecule has 1 saturated heterocycles. The smallest absolute Gasteiger partial charge is 0.119 e. The lowest BCUT2D eigenvalue weighted by molar-refractivity contribution is 0.232. The zero-order chi connectivity index (χ0) is 11.4. The fourth-order valence-electron chi connectivity index (χ4n) is 1.91. The van der Waals surface area contributed by atoms with Crippen molar-refractivity contribution in [1.82, 2.24) is 10.2 Å². The standard InChI is InChI=1S/C12H17BrN2O.2ClH/c1-16-11-2-3-12(13)10(8-11)9-15-6-4-14-5-7-15;;/h2-3,8,14H,4-7,9H2,1H3;2*1H. The average molecular weight is 358 g/mol. The van der Waals surface area contributed by atoms with Gasteiger partial charge in [-0.05, 0) is 23.8 Å². The molecule has 0 atom stereocenters. The summed E-state index contributed by atoms with van der Waals surface area (Å²) in [4.78, 5) is 2.45. The highest BCUT2D eigenvalue weighted by Crippen LogP contribution is 2.23. The number of benzene rings is 1. The molecular formula is C12H19BrCl2N2O. The number of ether oxygens (including phenoxy) is 1. The molecule has 1 aromatic carbocycles. The van der Waals surface area contributed by atoms with Crippen molar-refractivity contribution in [2.75, 3.05) is 33.3 Å². The van der Waals surface area contributed by atoms with Gasteiger partial charge in [-0.3, -0.25) is 4.90 Å². The Morgan fingerprint density at radius 3 is 2.56 bits per heavy atom. The molecule has 1 fully saturated rings. The number of methoxy groups -OCH3 is 1. The first-order chi connectivity index (χ1) is 7.79. The molecule has 3 nitrogen and oxygen atoms in total. The molecule has 0 unspecified atom stereocenters. The van der Waals surface area contributed by atoms with Crippen LogP contribution in [0, 0.1) is 0 Å². The van der Waals surface area contributed by atoms with Crippen LogP contribution in [0.2, 0.25) is 0 Å². The van der Waals surface area contributed by atoms with Gasteiger partial charge in [-0.25, -0.2) is 0 Å². The predicted molar refractivity (Wildman–Crippen MR) is 83.3 cm³/mol. The van der Waals surface area contributed by atoms with Gasteiger partial charge in [-0.1, -0.05) is 15.9 Å². The minimum absolute atomic E-state index is 0. The molecule has 18 heavy (non-hydrogen) atoms. The van der Waals surface area contributed by atoms with E-state index in [1.165, 1.54) is 5.56 Å². The summed E-state index contributed by atoms with van der Waals surface area (Å²) < 4.78 is 6.41. The molecule has 1 aliphatic heterocycles. The molecule has 0 amide bonds. The Balaban J connectivity index is 0.00000144. The fourth-order valence-corrected chi connectivity index (χ4v) is 2.28. The monoisotopic (exact) mass is 356 g/mol. The average Bonchev–Trinajstić information content (AvgIpc) is 2.33. The van der Waals surface area contributed by atoms with Gasteiger partial charge < -0.3 is 10.1 Å². The SMILES string of the molecule is COc1ccc(Br)c(CN2CCNCC2)c1.Cl.Cl. The van der Waals surface area contributed by atoms with Crippen molar-refractivity contribution in [2.24, 2.45) is 0 Å². The summed E-state index contributed by atoms with van der Waals surface area (Å²) in [5.41, 5.74) is 1.29. The van der Waals surface area contributed by atoms with Gasteiger partial charge in [0.1, 0.15) is 5.75 Å². The second-order valence-corrected chi connectivity index (χ2v) is 4.84.